The molecule has 252 valence electrons. The normalized spacial score (nSPS) is 13.2. The van der Waals surface area contributed by atoms with Crippen LogP contribution in [0.1, 0.15) is 49.0 Å². The van der Waals surface area contributed by atoms with Gasteiger partial charge in [0.2, 0.25) is 17.7 Å². The van der Waals surface area contributed by atoms with E-state index >= 15 is 0 Å². The second kappa shape index (κ2) is 17.2. The third kappa shape index (κ3) is 8.64. The number of hydrogen-bond acceptors (Lipinski definition) is 7. The molecule has 3 unspecified atom stereocenters. The first-order valence-electron chi connectivity index (χ1n) is 16.0. The predicted molar refractivity (Wildman–Crippen MR) is 187 cm³/mol. The quantitative estimate of drug-likeness (QED) is 0.0692. The van der Waals surface area contributed by atoms with Gasteiger partial charge in [-0.05, 0) is 65.8 Å². The molecule has 4 N–H and O–H groups in total. The van der Waals surface area contributed by atoms with Crippen molar-refractivity contribution in [2.24, 2.45) is 17.8 Å². The molecule has 10 heteroatoms. The molecule has 3 amide bonds. The molecule has 0 aliphatic carbocycles. The number of aliphatic hydroxyl groups is 1. The number of benzene rings is 4. The van der Waals surface area contributed by atoms with Crippen LogP contribution in [0.3, 0.4) is 0 Å². The molecule has 0 heterocycles. The molecule has 0 aliphatic rings. The van der Waals surface area contributed by atoms with Gasteiger partial charge in [-0.1, -0.05) is 68.4 Å². The van der Waals surface area contributed by atoms with E-state index in [1.54, 1.807) is 32.2 Å². The number of fused-ring (bicyclic) bond motifs is 2. The van der Waals surface area contributed by atoms with E-state index in [0.29, 0.717) is 34.2 Å². The Balaban J connectivity index is 1.56. The maximum absolute atomic E-state index is 13.6. The molecule has 4 aromatic carbocycles. The average molecular weight is 654 g/mol. The summed E-state index contributed by atoms with van der Waals surface area (Å²) in [7, 11) is 3.06. The minimum atomic E-state index is -0.694. The summed E-state index contributed by atoms with van der Waals surface area (Å²) >= 11 is 0. The summed E-state index contributed by atoms with van der Waals surface area (Å²) in [6.07, 6.45) is 4.10. The molecular formula is C38H43N3O7. The lowest BCUT2D eigenvalue weighted by atomic mass is 9.85. The Morgan fingerprint density at radius 2 is 1.50 bits per heavy atom. The molecule has 48 heavy (non-hydrogen) atoms. The Hall–Kier alpha value is -5.06. The third-order valence-electron chi connectivity index (χ3n) is 8.53. The fraction of sp³-hybridized carbons (Fsp3) is 0.316. The van der Waals surface area contributed by atoms with Crippen molar-refractivity contribution >= 4 is 56.8 Å². The van der Waals surface area contributed by atoms with Crippen LogP contribution in [-0.4, -0.2) is 56.3 Å². The molecule has 4 aromatic rings. The summed E-state index contributed by atoms with van der Waals surface area (Å²) in [6.45, 7) is 3.06. The van der Waals surface area contributed by atoms with Gasteiger partial charge in [-0.3, -0.25) is 19.2 Å². The number of carbonyl (C=O) groups excluding carboxylic acids is 4. The summed E-state index contributed by atoms with van der Waals surface area (Å²) in [5, 5.41) is 20.8. The third-order valence-corrected chi connectivity index (χ3v) is 8.53. The SMILES string of the molecule is CCC(CC(CC(C)C(=O)NCOC)C(=O)NCO)C(=O)Nc1ccc(C(=O)/C=C/c2c(OC)ccc3ccccc23)c2ccccc12. The van der Waals surface area contributed by atoms with Crippen molar-refractivity contribution in [3.8, 4) is 5.75 Å². The van der Waals surface area contributed by atoms with Gasteiger partial charge in [-0.2, -0.15) is 0 Å². The zero-order valence-electron chi connectivity index (χ0n) is 27.7. The zero-order valence-corrected chi connectivity index (χ0v) is 27.7. The number of methoxy groups -OCH3 is 2. The molecule has 10 nitrogen and oxygen atoms in total. The highest BCUT2D eigenvalue weighted by Crippen LogP contribution is 2.32. The van der Waals surface area contributed by atoms with Gasteiger partial charge in [0.05, 0.1) is 7.11 Å². The van der Waals surface area contributed by atoms with E-state index < -0.39 is 30.4 Å². The van der Waals surface area contributed by atoms with Gasteiger partial charge in [-0.15, -0.1) is 0 Å². The van der Waals surface area contributed by atoms with Crippen LogP contribution in [-0.2, 0) is 19.1 Å². The van der Waals surface area contributed by atoms with Gasteiger partial charge in [0.25, 0.3) is 0 Å². The number of ketones is 1. The minimum Gasteiger partial charge on any atom is -0.496 e. The van der Waals surface area contributed by atoms with Gasteiger partial charge >= 0.3 is 0 Å². The lowest BCUT2D eigenvalue weighted by Gasteiger charge is -2.24. The molecule has 0 spiro atoms. The van der Waals surface area contributed by atoms with E-state index in [-0.39, 0.29) is 37.2 Å². The number of allylic oxidation sites excluding steroid dienone is 1. The molecule has 3 atom stereocenters. The van der Waals surface area contributed by atoms with Crippen molar-refractivity contribution in [3.05, 3.63) is 90.0 Å². The van der Waals surface area contributed by atoms with Gasteiger partial charge in [0, 0.05) is 47.1 Å². The van der Waals surface area contributed by atoms with E-state index in [2.05, 4.69) is 16.0 Å². The maximum Gasteiger partial charge on any atom is 0.227 e. The number of anilines is 1. The second-order valence-electron chi connectivity index (χ2n) is 11.6. The first kappa shape index (κ1) is 35.8. The highest BCUT2D eigenvalue weighted by molar-refractivity contribution is 6.18. The fourth-order valence-corrected chi connectivity index (χ4v) is 5.92. The van der Waals surface area contributed by atoms with Crippen molar-refractivity contribution in [3.63, 3.8) is 0 Å². The van der Waals surface area contributed by atoms with E-state index in [1.165, 1.54) is 13.2 Å². The molecule has 0 radical (unpaired) electrons. The van der Waals surface area contributed by atoms with Crippen LogP contribution in [0.2, 0.25) is 0 Å². The molecular weight excluding hydrogens is 610 g/mol. The Labute approximate surface area is 280 Å². The minimum absolute atomic E-state index is 0.0459. The molecule has 0 fully saturated rings. The van der Waals surface area contributed by atoms with Crippen molar-refractivity contribution in [2.45, 2.75) is 33.1 Å². The number of ether oxygens (including phenoxy) is 2. The Morgan fingerprint density at radius 1 is 0.792 bits per heavy atom. The Morgan fingerprint density at radius 3 is 2.19 bits per heavy atom. The number of carbonyl (C=O) groups is 4. The van der Waals surface area contributed by atoms with E-state index in [0.717, 1.165) is 16.3 Å². The maximum atomic E-state index is 13.6. The molecule has 0 saturated heterocycles. The van der Waals surface area contributed by atoms with E-state index in [4.69, 9.17) is 9.47 Å². The van der Waals surface area contributed by atoms with Crippen molar-refractivity contribution in [1.29, 1.82) is 0 Å². The summed E-state index contributed by atoms with van der Waals surface area (Å²) in [5.41, 5.74) is 1.82. The van der Waals surface area contributed by atoms with Crippen LogP contribution in [0, 0.1) is 17.8 Å². The lowest BCUT2D eigenvalue weighted by molar-refractivity contribution is -0.130. The summed E-state index contributed by atoms with van der Waals surface area (Å²) in [5.74, 6) is -2.32. The fourth-order valence-electron chi connectivity index (χ4n) is 5.92. The van der Waals surface area contributed by atoms with Gasteiger partial charge in [0.15, 0.2) is 5.78 Å². The van der Waals surface area contributed by atoms with Crippen LogP contribution >= 0.6 is 0 Å². The lowest BCUT2D eigenvalue weighted by Crippen LogP contribution is -2.38. The number of amides is 3. The number of rotatable bonds is 16. The van der Waals surface area contributed by atoms with Gasteiger partial charge < -0.3 is 30.5 Å². The first-order chi connectivity index (χ1) is 23.2. The Bertz CT molecular complexity index is 1800. The molecule has 0 bridgehead atoms. The zero-order chi connectivity index (χ0) is 34.6. The summed E-state index contributed by atoms with van der Waals surface area (Å²) in [6, 6.07) is 22.5. The van der Waals surface area contributed by atoms with E-state index in [1.807, 2.05) is 67.6 Å². The molecule has 0 saturated carbocycles. The highest BCUT2D eigenvalue weighted by Gasteiger charge is 2.30. The van der Waals surface area contributed by atoms with Gasteiger partial charge in [-0.25, -0.2) is 0 Å². The summed E-state index contributed by atoms with van der Waals surface area (Å²) in [4.78, 5) is 52.5. The van der Waals surface area contributed by atoms with Gasteiger partial charge in [0.1, 0.15) is 19.2 Å². The van der Waals surface area contributed by atoms with Crippen LogP contribution in [0.25, 0.3) is 27.6 Å². The first-order valence-corrected chi connectivity index (χ1v) is 16.0. The van der Waals surface area contributed by atoms with Crippen LogP contribution in [0.4, 0.5) is 5.69 Å². The van der Waals surface area contributed by atoms with Crippen LogP contribution in [0.5, 0.6) is 5.75 Å². The largest absolute Gasteiger partial charge is 0.496 e. The van der Waals surface area contributed by atoms with Crippen molar-refractivity contribution in [1.82, 2.24) is 10.6 Å². The number of hydrogen-bond donors (Lipinski definition) is 4. The topological polar surface area (TPSA) is 143 Å². The van der Waals surface area contributed by atoms with Crippen LogP contribution < -0.4 is 20.7 Å². The summed E-state index contributed by atoms with van der Waals surface area (Å²) < 4.78 is 10.5. The highest BCUT2D eigenvalue weighted by atomic mass is 16.5. The molecule has 0 aliphatic heterocycles. The standard InChI is InChI=1S/C38H43N3O7/c1-5-25(21-27(37(45)39-22-42)20-24(2)36(44)40-23-47-3)38(46)41-33-17-15-31(29-12-8-9-13-30(29)33)34(43)18-16-32-28-11-7-6-10-26(28)14-19-35(32)48-4/h6-19,24-25,27,42H,5,20-23H2,1-4H3,(H,39,45)(H,40,44)(H,41,46)/b18-16+. The van der Waals surface area contributed by atoms with E-state index in [9.17, 15) is 24.3 Å². The number of aliphatic hydroxyl groups excluding tert-OH is 1. The van der Waals surface area contributed by atoms with Crippen LogP contribution in [0.15, 0.2) is 78.9 Å². The number of nitrogens with one attached hydrogen (secondary N) is 3. The molecule has 4 rings (SSSR count). The average Bonchev–Trinajstić information content (AvgIpc) is 3.10. The Kier molecular flexibility index (Phi) is 12.8. The van der Waals surface area contributed by atoms with Crippen molar-refractivity contribution in [2.75, 3.05) is 33.0 Å². The smallest absolute Gasteiger partial charge is 0.227 e. The monoisotopic (exact) mass is 653 g/mol. The second-order valence-corrected chi connectivity index (χ2v) is 11.6. The predicted octanol–water partition coefficient (Wildman–Crippen LogP) is 5.68. The van der Waals surface area contributed by atoms with Crippen molar-refractivity contribution < 1.29 is 33.8 Å². The molecule has 0 aromatic heterocycles.